The standard InChI is InChI=1S/C9H9ClN2O/c1-6(13)8-9(10)11-7-4-2-3-5-12(7)8/h2-6,13H,1H3/t6-/m1/s1. The van der Waals surface area contributed by atoms with Gasteiger partial charge in [-0.3, -0.25) is 4.40 Å². The quantitative estimate of drug-likeness (QED) is 0.758. The van der Waals surface area contributed by atoms with Crippen LogP contribution in [0.5, 0.6) is 0 Å². The molecule has 1 atom stereocenters. The van der Waals surface area contributed by atoms with Gasteiger partial charge in [-0.1, -0.05) is 17.7 Å². The van der Waals surface area contributed by atoms with Crippen molar-refractivity contribution in [2.24, 2.45) is 0 Å². The van der Waals surface area contributed by atoms with Gasteiger partial charge in [-0.25, -0.2) is 4.98 Å². The summed E-state index contributed by atoms with van der Waals surface area (Å²) in [6, 6.07) is 5.60. The summed E-state index contributed by atoms with van der Waals surface area (Å²) >= 11 is 5.87. The van der Waals surface area contributed by atoms with E-state index in [0.717, 1.165) is 5.65 Å². The van der Waals surface area contributed by atoms with Crippen molar-refractivity contribution >= 4 is 17.2 Å². The Morgan fingerprint density at radius 2 is 2.31 bits per heavy atom. The van der Waals surface area contributed by atoms with E-state index in [1.54, 1.807) is 11.3 Å². The third-order valence-electron chi connectivity index (χ3n) is 1.92. The second-order valence-electron chi connectivity index (χ2n) is 2.89. The first-order chi connectivity index (χ1) is 6.20. The van der Waals surface area contributed by atoms with E-state index < -0.39 is 6.10 Å². The summed E-state index contributed by atoms with van der Waals surface area (Å²) in [5.41, 5.74) is 1.39. The fourth-order valence-corrected chi connectivity index (χ4v) is 1.70. The van der Waals surface area contributed by atoms with Crippen molar-refractivity contribution in [3.05, 3.63) is 35.2 Å². The Morgan fingerprint density at radius 1 is 1.54 bits per heavy atom. The normalized spacial score (nSPS) is 13.5. The van der Waals surface area contributed by atoms with E-state index in [0.29, 0.717) is 10.8 Å². The molecule has 0 radical (unpaired) electrons. The van der Waals surface area contributed by atoms with Gasteiger partial charge in [0.15, 0.2) is 5.15 Å². The number of nitrogens with zero attached hydrogens (tertiary/aromatic N) is 2. The maximum absolute atomic E-state index is 9.45. The summed E-state index contributed by atoms with van der Waals surface area (Å²) in [5.74, 6) is 0. The molecular weight excluding hydrogens is 188 g/mol. The molecule has 0 unspecified atom stereocenters. The summed E-state index contributed by atoms with van der Waals surface area (Å²) in [6.45, 7) is 1.67. The third-order valence-corrected chi connectivity index (χ3v) is 2.20. The molecule has 0 amide bonds. The van der Waals surface area contributed by atoms with Crippen LogP contribution in [0.2, 0.25) is 5.15 Å². The van der Waals surface area contributed by atoms with E-state index in [2.05, 4.69) is 4.98 Å². The number of aliphatic hydroxyl groups is 1. The zero-order valence-electron chi connectivity index (χ0n) is 7.11. The van der Waals surface area contributed by atoms with E-state index in [1.807, 2.05) is 24.4 Å². The molecule has 0 saturated heterocycles. The molecule has 13 heavy (non-hydrogen) atoms. The van der Waals surface area contributed by atoms with Crippen LogP contribution >= 0.6 is 11.6 Å². The minimum Gasteiger partial charge on any atom is -0.387 e. The third kappa shape index (κ3) is 1.30. The van der Waals surface area contributed by atoms with Gasteiger partial charge in [-0.2, -0.15) is 0 Å². The van der Waals surface area contributed by atoms with Crippen molar-refractivity contribution in [3.8, 4) is 0 Å². The van der Waals surface area contributed by atoms with Crippen LogP contribution in [0.3, 0.4) is 0 Å². The number of aromatic nitrogens is 2. The zero-order valence-corrected chi connectivity index (χ0v) is 7.86. The van der Waals surface area contributed by atoms with Gasteiger partial charge in [0.05, 0.1) is 11.8 Å². The SMILES string of the molecule is C[C@@H](O)c1c(Cl)nc2ccccn12. The molecule has 0 fully saturated rings. The lowest BCUT2D eigenvalue weighted by Gasteiger charge is -2.03. The first-order valence-electron chi connectivity index (χ1n) is 4.00. The summed E-state index contributed by atoms with van der Waals surface area (Å²) in [4.78, 5) is 4.10. The van der Waals surface area contributed by atoms with E-state index in [9.17, 15) is 5.11 Å². The fraction of sp³-hybridized carbons (Fsp3) is 0.222. The van der Waals surface area contributed by atoms with Crippen LogP contribution in [0.4, 0.5) is 0 Å². The van der Waals surface area contributed by atoms with Gasteiger partial charge < -0.3 is 5.11 Å². The largest absolute Gasteiger partial charge is 0.387 e. The molecule has 0 aliphatic heterocycles. The topological polar surface area (TPSA) is 37.5 Å². The predicted octanol–water partition coefficient (Wildman–Crippen LogP) is 2.04. The van der Waals surface area contributed by atoms with Gasteiger partial charge in [0.25, 0.3) is 0 Å². The van der Waals surface area contributed by atoms with Gasteiger partial charge in [0.2, 0.25) is 0 Å². The Morgan fingerprint density at radius 3 is 3.00 bits per heavy atom. The van der Waals surface area contributed by atoms with Gasteiger partial charge in [0.1, 0.15) is 5.65 Å². The van der Waals surface area contributed by atoms with Crippen LogP contribution in [0, 0.1) is 0 Å². The highest BCUT2D eigenvalue weighted by Crippen LogP contribution is 2.23. The molecule has 2 aromatic heterocycles. The maximum atomic E-state index is 9.45. The van der Waals surface area contributed by atoms with Gasteiger partial charge in [0, 0.05) is 6.20 Å². The second kappa shape index (κ2) is 3.01. The molecule has 0 spiro atoms. The van der Waals surface area contributed by atoms with Crippen LogP contribution in [0.1, 0.15) is 18.7 Å². The Balaban J connectivity index is 2.78. The molecule has 2 aromatic rings. The van der Waals surface area contributed by atoms with E-state index in [1.165, 1.54) is 0 Å². The van der Waals surface area contributed by atoms with Crippen LogP contribution < -0.4 is 0 Å². The van der Waals surface area contributed by atoms with E-state index in [-0.39, 0.29) is 0 Å². The summed E-state index contributed by atoms with van der Waals surface area (Å²) in [5, 5.41) is 9.81. The number of fused-ring (bicyclic) bond motifs is 1. The lowest BCUT2D eigenvalue weighted by molar-refractivity contribution is 0.193. The highest BCUT2D eigenvalue weighted by molar-refractivity contribution is 6.30. The van der Waals surface area contributed by atoms with Crippen molar-refractivity contribution < 1.29 is 5.11 Å². The molecule has 3 nitrogen and oxygen atoms in total. The molecule has 0 aliphatic carbocycles. The Hall–Kier alpha value is -1.06. The van der Waals surface area contributed by atoms with Crippen LogP contribution in [-0.4, -0.2) is 14.5 Å². The molecule has 68 valence electrons. The van der Waals surface area contributed by atoms with Crippen LogP contribution in [0.25, 0.3) is 5.65 Å². The Bertz CT molecular complexity index is 436. The maximum Gasteiger partial charge on any atom is 0.153 e. The van der Waals surface area contributed by atoms with Crippen molar-refractivity contribution in [1.82, 2.24) is 9.38 Å². The number of hydrogen-bond donors (Lipinski definition) is 1. The Kier molecular flexibility index (Phi) is 1.98. The lowest BCUT2D eigenvalue weighted by atomic mass is 10.3. The summed E-state index contributed by atoms with van der Waals surface area (Å²) in [7, 11) is 0. The number of halogens is 1. The van der Waals surface area contributed by atoms with E-state index >= 15 is 0 Å². The van der Waals surface area contributed by atoms with Crippen molar-refractivity contribution in [3.63, 3.8) is 0 Å². The van der Waals surface area contributed by atoms with Crippen molar-refractivity contribution in [1.29, 1.82) is 0 Å². The molecule has 0 aliphatic rings. The highest BCUT2D eigenvalue weighted by atomic mass is 35.5. The molecule has 0 saturated carbocycles. The first-order valence-corrected chi connectivity index (χ1v) is 4.38. The number of rotatable bonds is 1. The van der Waals surface area contributed by atoms with Crippen LogP contribution in [0.15, 0.2) is 24.4 Å². The molecular formula is C9H9ClN2O. The Labute approximate surface area is 80.6 Å². The highest BCUT2D eigenvalue weighted by Gasteiger charge is 2.13. The number of pyridine rings is 1. The smallest absolute Gasteiger partial charge is 0.153 e. The summed E-state index contributed by atoms with van der Waals surface area (Å²) < 4.78 is 1.78. The van der Waals surface area contributed by atoms with Crippen LogP contribution in [-0.2, 0) is 0 Å². The minimum atomic E-state index is -0.607. The molecule has 0 aromatic carbocycles. The molecule has 2 rings (SSSR count). The van der Waals surface area contributed by atoms with E-state index in [4.69, 9.17) is 11.6 Å². The van der Waals surface area contributed by atoms with Crippen molar-refractivity contribution in [2.75, 3.05) is 0 Å². The van der Waals surface area contributed by atoms with Crippen molar-refractivity contribution in [2.45, 2.75) is 13.0 Å². The second-order valence-corrected chi connectivity index (χ2v) is 3.25. The summed E-state index contributed by atoms with van der Waals surface area (Å²) in [6.07, 6.45) is 1.22. The molecule has 2 heterocycles. The predicted molar refractivity (Wildman–Crippen MR) is 50.8 cm³/mol. The minimum absolute atomic E-state index is 0.362. The molecule has 0 bridgehead atoms. The first kappa shape index (κ1) is 8.53. The van der Waals surface area contributed by atoms with Gasteiger partial charge in [-0.15, -0.1) is 0 Å². The van der Waals surface area contributed by atoms with Gasteiger partial charge >= 0.3 is 0 Å². The number of imidazole rings is 1. The molecule has 4 heteroatoms. The lowest BCUT2D eigenvalue weighted by Crippen LogP contribution is -1.97. The monoisotopic (exact) mass is 196 g/mol. The zero-order chi connectivity index (χ0) is 9.42. The molecule has 1 N–H and O–H groups in total. The fourth-order valence-electron chi connectivity index (χ4n) is 1.36. The number of aliphatic hydroxyl groups excluding tert-OH is 1. The number of hydrogen-bond acceptors (Lipinski definition) is 2. The van der Waals surface area contributed by atoms with Gasteiger partial charge in [-0.05, 0) is 19.1 Å². The average Bonchev–Trinajstić information content (AvgIpc) is 2.39. The average molecular weight is 197 g/mol.